The van der Waals surface area contributed by atoms with E-state index in [1.807, 2.05) is 16.6 Å². The van der Waals surface area contributed by atoms with Crippen LogP contribution >= 0.6 is 12.4 Å². The maximum atomic E-state index is 13.2. The van der Waals surface area contributed by atoms with Crippen LogP contribution in [0, 0.1) is 5.92 Å². The summed E-state index contributed by atoms with van der Waals surface area (Å²) in [7, 11) is 2.00. The molecule has 4 rings (SSSR count). The topological polar surface area (TPSA) is 50.2 Å². The molecule has 1 N–H and O–H groups in total. The molecule has 0 unspecified atom stereocenters. The van der Waals surface area contributed by atoms with Crippen molar-refractivity contribution in [1.29, 1.82) is 0 Å². The fourth-order valence-electron chi connectivity index (χ4n) is 4.47. The van der Waals surface area contributed by atoms with E-state index in [1.54, 1.807) is 0 Å². The lowest BCUT2D eigenvalue weighted by molar-refractivity contribution is 0.0683. The van der Waals surface area contributed by atoms with Gasteiger partial charge < -0.3 is 10.2 Å². The van der Waals surface area contributed by atoms with E-state index in [0.717, 1.165) is 63.8 Å². The first-order chi connectivity index (χ1) is 13.2. The summed E-state index contributed by atoms with van der Waals surface area (Å²) in [6, 6.07) is 8.57. The lowest BCUT2D eigenvalue weighted by atomic mass is 9.96. The van der Waals surface area contributed by atoms with Gasteiger partial charge in [0.2, 0.25) is 0 Å². The molecule has 1 aromatic heterocycles. The summed E-state index contributed by atoms with van der Waals surface area (Å²) >= 11 is 0. The molecule has 6 heteroatoms. The zero-order valence-electron chi connectivity index (χ0n) is 16.9. The highest BCUT2D eigenvalue weighted by Gasteiger charge is 2.31. The van der Waals surface area contributed by atoms with E-state index in [9.17, 15) is 4.79 Å². The van der Waals surface area contributed by atoms with Gasteiger partial charge in [-0.05, 0) is 75.7 Å². The largest absolute Gasteiger partial charge is 0.337 e. The molecule has 1 aromatic carbocycles. The number of fused-ring (bicyclic) bond motifs is 1. The molecule has 0 saturated carbocycles. The lowest BCUT2D eigenvalue weighted by Gasteiger charge is -2.31. The molecule has 1 amide bonds. The van der Waals surface area contributed by atoms with Gasteiger partial charge in [-0.2, -0.15) is 5.10 Å². The van der Waals surface area contributed by atoms with Gasteiger partial charge in [0.25, 0.3) is 5.91 Å². The van der Waals surface area contributed by atoms with Crippen molar-refractivity contribution in [2.24, 2.45) is 5.92 Å². The van der Waals surface area contributed by atoms with Gasteiger partial charge >= 0.3 is 0 Å². The quantitative estimate of drug-likeness (QED) is 0.833. The number of rotatable bonds is 5. The number of piperidine rings is 1. The van der Waals surface area contributed by atoms with Crippen molar-refractivity contribution in [2.75, 3.05) is 26.7 Å². The van der Waals surface area contributed by atoms with Crippen LogP contribution in [-0.2, 0) is 19.3 Å². The summed E-state index contributed by atoms with van der Waals surface area (Å²) in [5, 5.41) is 8.06. The second-order valence-corrected chi connectivity index (χ2v) is 7.85. The molecule has 5 nitrogen and oxygen atoms in total. The van der Waals surface area contributed by atoms with Crippen molar-refractivity contribution < 1.29 is 4.79 Å². The summed E-state index contributed by atoms with van der Waals surface area (Å²) in [5.41, 5.74) is 5.49. The van der Waals surface area contributed by atoms with Crippen molar-refractivity contribution >= 4 is 18.3 Å². The number of carbonyl (C=O) groups is 1. The van der Waals surface area contributed by atoms with Gasteiger partial charge in [-0.25, -0.2) is 4.68 Å². The third-order valence-corrected chi connectivity index (χ3v) is 6.12. The van der Waals surface area contributed by atoms with Crippen LogP contribution in [0.4, 0.5) is 0 Å². The molecule has 2 aromatic rings. The molecule has 0 bridgehead atoms. The molecular weight excluding hydrogens is 372 g/mol. The van der Waals surface area contributed by atoms with E-state index in [4.69, 9.17) is 5.10 Å². The first-order valence-electron chi connectivity index (χ1n) is 10.3. The summed E-state index contributed by atoms with van der Waals surface area (Å²) in [6.45, 7) is 4.90. The number of aromatic nitrogens is 2. The van der Waals surface area contributed by atoms with Crippen molar-refractivity contribution in [3.8, 4) is 5.69 Å². The fourth-order valence-corrected chi connectivity index (χ4v) is 4.47. The van der Waals surface area contributed by atoms with Crippen molar-refractivity contribution in [3.63, 3.8) is 0 Å². The maximum absolute atomic E-state index is 13.2. The Morgan fingerprint density at radius 1 is 1.18 bits per heavy atom. The highest BCUT2D eigenvalue weighted by molar-refractivity contribution is 5.94. The molecule has 1 aliphatic carbocycles. The van der Waals surface area contributed by atoms with Crippen molar-refractivity contribution in [1.82, 2.24) is 20.0 Å². The summed E-state index contributed by atoms with van der Waals surface area (Å²) in [6.07, 6.45) is 6.28. The average molecular weight is 403 g/mol. The Morgan fingerprint density at radius 3 is 2.54 bits per heavy atom. The molecule has 28 heavy (non-hydrogen) atoms. The Hall–Kier alpha value is -1.85. The second-order valence-electron chi connectivity index (χ2n) is 7.85. The number of hydrogen-bond acceptors (Lipinski definition) is 3. The molecule has 1 saturated heterocycles. The summed E-state index contributed by atoms with van der Waals surface area (Å²) in [5.74, 6) is 0.805. The van der Waals surface area contributed by atoms with Gasteiger partial charge in [0, 0.05) is 24.3 Å². The number of nitrogens with one attached hydrogen (secondary N) is 1. The third kappa shape index (κ3) is 3.96. The van der Waals surface area contributed by atoms with E-state index in [-0.39, 0.29) is 18.3 Å². The van der Waals surface area contributed by atoms with Crippen LogP contribution in [0.2, 0.25) is 0 Å². The zero-order chi connectivity index (χ0) is 18.8. The Balaban J connectivity index is 0.00000225. The SMILES string of the molecule is CCc1ccc(-n2nc(C(=O)N3CCC(CNC)CC3)c3c2CCC3)cc1.Cl. The normalized spacial score (nSPS) is 16.7. The first kappa shape index (κ1) is 20.9. The van der Waals surface area contributed by atoms with Crippen molar-refractivity contribution in [2.45, 2.75) is 45.4 Å². The highest BCUT2D eigenvalue weighted by atomic mass is 35.5. The highest BCUT2D eigenvalue weighted by Crippen LogP contribution is 2.29. The van der Waals surface area contributed by atoms with Gasteiger partial charge in [0.15, 0.2) is 5.69 Å². The minimum atomic E-state index is 0. The van der Waals surface area contributed by atoms with E-state index in [2.05, 4.69) is 36.5 Å². The minimum absolute atomic E-state index is 0. The number of likely N-dealkylation sites (tertiary alicyclic amines) is 1. The lowest BCUT2D eigenvalue weighted by Crippen LogP contribution is -2.40. The van der Waals surface area contributed by atoms with E-state index in [0.29, 0.717) is 11.6 Å². The number of amides is 1. The second kappa shape index (κ2) is 9.10. The number of halogens is 1. The molecule has 1 aliphatic heterocycles. The van der Waals surface area contributed by atoms with Crippen LogP contribution in [0.5, 0.6) is 0 Å². The number of aryl methyl sites for hydroxylation is 1. The van der Waals surface area contributed by atoms with Gasteiger partial charge in [-0.15, -0.1) is 12.4 Å². The molecule has 0 radical (unpaired) electrons. The Labute approximate surface area is 173 Å². The van der Waals surface area contributed by atoms with E-state index < -0.39 is 0 Å². The number of hydrogen-bond donors (Lipinski definition) is 1. The van der Waals surface area contributed by atoms with E-state index >= 15 is 0 Å². The minimum Gasteiger partial charge on any atom is -0.337 e. The summed E-state index contributed by atoms with van der Waals surface area (Å²) in [4.78, 5) is 15.2. The summed E-state index contributed by atoms with van der Waals surface area (Å²) < 4.78 is 2.02. The van der Waals surface area contributed by atoms with Gasteiger partial charge in [-0.3, -0.25) is 4.79 Å². The molecule has 152 valence electrons. The number of benzene rings is 1. The van der Waals surface area contributed by atoms with Crippen LogP contribution in [0.1, 0.15) is 53.5 Å². The Morgan fingerprint density at radius 2 is 1.89 bits per heavy atom. The van der Waals surface area contributed by atoms with Gasteiger partial charge in [0.1, 0.15) is 0 Å². The monoisotopic (exact) mass is 402 g/mol. The van der Waals surface area contributed by atoms with Crippen LogP contribution in [0.25, 0.3) is 5.69 Å². The first-order valence-corrected chi connectivity index (χ1v) is 10.3. The standard InChI is InChI=1S/C22H30N4O.ClH/c1-3-16-7-9-18(10-8-16)26-20-6-4-5-19(20)21(24-26)22(27)25-13-11-17(12-14-25)15-23-2;/h7-10,17,23H,3-6,11-15H2,1-2H3;1H. The van der Waals surface area contributed by atoms with Gasteiger partial charge in [-0.1, -0.05) is 19.1 Å². The Bertz CT molecular complexity index is 807. The number of carbonyl (C=O) groups excluding carboxylic acids is 1. The molecule has 1 fully saturated rings. The zero-order valence-corrected chi connectivity index (χ0v) is 17.7. The molecule has 0 atom stereocenters. The molecule has 2 aliphatic rings. The maximum Gasteiger partial charge on any atom is 0.274 e. The van der Waals surface area contributed by atoms with Crippen LogP contribution in [0.3, 0.4) is 0 Å². The molecule has 2 heterocycles. The molecular formula is C22H31ClN4O. The van der Waals surface area contributed by atoms with Crippen LogP contribution in [0.15, 0.2) is 24.3 Å². The van der Waals surface area contributed by atoms with Crippen molar-refractivity contribution in [3.05, 3.63) is 46.8 Å². The smallest absolute Gasteiger partial charge is 0.274 e. The number of nitrogens with zero attached hydrogens (tertiary/aromatic N) is 3. The van der Waals surface area contributed by atoms with Gasteiger partial charge in [0.05, 0.1) is 5.69 Å². The predicted octanol–water partition coefficient (Wildman–Crippen LogP) is 3.42. The van der Waals surface area contributed by atoms with E-state index in [1.165, 1.54) is 16.8 Å². The predicted molar refractivity (Wildman–Crippen MR) is 115 cm³/mol. The molecule has 0 spiro atoms. The third-order valence-electron chi connectivity index (χ3n) is 6.12. The average Bonchev–Trinajstić information content (AvgIpc) is 3.31. The van der Waals surface area contributed by atoms with Crippen LogP contribution in [-0.4, -0.2) is 47.3 Å². The Kier molecular flexibility index (Phi) is 6.78. The van der Waals surface area contributed by atoms with Crippen LogP contribution < -0.4 is 5.32 Å². The fraction of sp³-hybridized carbons (Fsp3) is 0.545.